The maximum Gasteiger partial charge on any atom is 0.234 e. The fraction of sp³-hybridized carbons (Fsp3) is 0.929. The molecule has 1 amide bonds. The van der Waals surface area contributed by atoms with Crippen molar-refractivity contribution in [3.05, 3.63) is 0 Å². The Balaban J connectivity index is 0.00000289. The largest absolute Gasteiger partial charge is 0.350 e. The molecule has 0 unspecified atom stereocenters. The Morgan fingerprint density at radius 3 is 2.06 bits per heavy atom. The number of halogens is 1. The van der Waals surface area contributed by atoms with Crippen LogP contribution in [0.2, 0.25) is 0 Å². The number of nitrogens with one attached hydrogen (secondary N) is 1. The van der Waals surface area contributed by atoms with E-state index in [1.165, 1.54) is 12.8 Å². The van der Waals surface area contributed by atoms with E-state index in [9.17, 15) is 4.79 Å². The van der Waals surface area contributed by atoms with E-state index < -0.39 is 0 Å². The monoisotopic (exact) mass is 276 g/mol. The van der Waals surface area contributed by atoms with Crippen molar-refractivity contribution in [3.63, 3.8) is 0 Å². The van der Waals surface area contributed by atoms with Crippen LogP contribution in [0.25, 0.3) is 0 Å². The van der Waals surface area contributed by atoms with Crippen molar-refractivity contribution in [2.24, 2.45) is 5.41 Å². The average molecular weight is 277 g/mol. The third-order valence-corrected chi connectivity index (χ3v) is 3.02. The number of carbonyl (C=O) groups is 1. The number of likely N-dealkylation sites (tertiary alicyclic amines) is 1. The predicted octanol–water partition coefficient (Wildman–Crippen LogP) is 2.84. The van der Waals surface area contributed by atoms with Gasteiger partial charge in [0.25, 0.3) is 0 Å². The maximum atomic E-state index is 11.9. The van der Waals surface area contributed by atoms with Crippen molar-refractivity contribution in [1.29, 1.82) is 0 Å². The first-order chi connectivity index (χ1) is 7.68. The highest BCUT2D eigenvalue weighted by Gasteiger charge is 2.27. The lowest BCUT2D eigenvalue weighted by Crippen LogP contribution is -2.49. The van der Waals surface area contributed by atoms with Gasteiger partial charge in [-0.25, -0.2) is 0 Å². The summed E-state index contributed by atoms with van der Waals surface area (Å²) in [5.74, 6) is 0.168. The first-order valence-electron chi connectivity index (χ1n) is 6.71. The summed E-state index contributed by atoms with van der Waals surface area (Å²) in [4.78, 5) is 14.2. The molecule has 0 aliphatic carbocycles. The fourth-order valence-electron chi connectivity index (χ4n) is 2.93. The summed E-state index contributed by atoms with van der Waals surface area (Å²) >= 11 is 0. The lowest BCUT2D eigenvalue weighted by molar-refractivity contribution is -0.123. The van der Waals surface area contributed by atoms with Gasteiger partial charge in [-0.05, 0) is 51.6 Å². The average Bonchev–Trinajstić information content (AvgIpc) is 2.49. The number of nitrogens with zero attached hydrogens (tertiary/aromatic N) is 1. The van der Waals surface area contributed by atoms with E-state index in [0.29, 0.717) is 6.54 Å². The number of amides is 1. The Morgan fingerprint density at radius 1 is 1.11 bits per heavy atom. The number of hydrogen-bond donors (Lipinski definition) is 1. The Morgan fingerprint density at radius 2 is 1.61 bits per heavy atom. The maximum absolute atomic E-state index is 11.9. The van der Waals surface area contributed by atoms with E-state index >= 15 is 0 Å². The van der Waals surface area contributed by atoms with Crippen molar-refractivity contribution in [1.82, 2.24) is 10.2 Å². The van der Waals surface area contributed by atoms with Crippen LogP contribution in [-0.4, -0.2) is 36.0 Å². The summed E-state index contributed by atoms with van der Waals surface area (Å²) in [5, 5.41) is 3.16. The zero-order valence-electron chi connectivity index (χ0n) is 12.5. The molecule has 0 aromatic carbocycles. The molecule has 3 nitrogen and oxygen atoms in total. The molecule has 18 heavy (non-hydrogen) atoms. The van der Waals surface area contributed by atoms with Gasteiger partial charge in [0.2, 0.25) is 5.91 Å². The fourth-order valence-corrected chi connectivity index (χ4v) is 2.93. The molecule has 0 aromatic heterocycles. The summed E-state index contributed by atoms with van der Waals surface area (Å²) in [6, 6.07) is 0. The number of rotatable bonds is 4. The molecule has 1 N–H and O–H groups in total. The van der Waals surface area contributed by atoms with E-state index in [1.54, 1.807) is 0 Å². The highest BCUT2D eigenvalue weighted by Crippen LogP contribution is 2.26. The van der Waals surface area contributed by atoms with Crippen molar-refractivity contribution >= 4 is 18.3 Å². The van der Waals surface area contributed by atoms with Crippen LogP contribution in [0.4, 0.5) is 0 Å². The van der Waals surface area contributed by atoms with Crippen molar-refractivity contribution in [3.8, 4) is 0 Å². The van der Waals surface area contributed by atoms with Gasteiger partial charge in [0.05, 0.1) is 6.54 Å². The summed E-state index contributed by atoms with van der Waals surface area (Å²) in [6.45, 7) is 13.6. The molecular formula is C14H29ClN2O. The topological polar surface area (TPSA) is 32.3 Å². The Labute approximate surface area is 118 Å². The molecule has 1 aliphatic rings. The van der Waals surface area contributed by atoms with Crippen molar-refractivity contribution < 1.29 is 4.79 Å². The lowest BCUT2D eigenvalue weighted by Gasteiger charge is -2.33. The Bertz CT molecular complexity index is 265. The number of carbonyl (C=O) groups excluding carboxylic acids is 1. The van der Waals surface area contributed by atoms with Gasteiger partial charge in [-0.1, -0.05) is 20.8 Å². The van der Waals surface area contributed by atoms with E-state index in [0.717, 1.165) is 19.5 Å². The standard InChI is InChI=1S/C14H28N2O.ClH/c1-13(2,3)11-14(4,5)15-12(17)10-16-8-6-7-9-16;/h6-11H2,1-5H3,(H,15,17);1H. The van der Waals surface area contributed by atoms with E-state index in [1.807, 2.05) is 0 Å². The molecule has 0 atom stereocenters. The molecule has 1 heterocycles. The quantitative estimate of drug-likeness (QED) is 0.856. The molecule has 4 heteroatoms. The molecule has 1 rings (SSSR count). The normalized spacial score (nSPS) is 17.4. The van der Waals surface area contributed by atoms with Gasteiger partial charge in [0.15, 0.2) is 0 Å². The van der Waals surface area contributed by atoms with Gasteiger partial charge in [0, 0.05) is 5.54 Å². The van der Waals surface area contributed by atoms with Gasteiger partial charge in [0.1, 0.15) is 0 Å². The van der Waals surface area contributed by atoms with Crippen LogP contribution >= 0.6 is 12.4 Å². The van der Waals surface area contributed by atoms with E-state index in [-0.39, 0.29) is 29.3 Å². The minimum Gasteiger partial charge on any atom is -0.350 e. The second kappa shape index (κ2) is 6.76. The second-order valence-electron chi connectivity index (χ2n) is 7.15. The van der Waals surface area contributed by atoms with Gasteiger partial charge >= 0.3 is 0 Å². The first kappa shape index (κ1) is 17.7. The van der Waals surface area contributed by atoms with Crippen LogP contribution in [0.15, 0.2) is 0 Å². The molecule has 0 radical (unpaired) electrons. The summed E-state index contributed by atoms with van der Waals surface area (Å²) in [6.07, 6.45) is 3.46. The molecule has 1 saturated heterocycles. The summed E-state index contributed by atoms with van der Waals surface area (Å²) in [7, 11) is 0. The molecule has 1 aliphatic heterocycles. The summed E-state index contributed by atoms with van der Waals surface area (Å²) in [5.41, 5.74) is 0.124. The van der Waals surface area contributed by atoms with Crippen LogP contribution in [-0.2, 0) is 4.79 Å². The Kier molecular flexibility index (Phi) is 6.66. The smallest absolute Gasteiger partial charge is 0.234 e. The van der Waals surface area contributed by atoms with Crippen molar-refractivity contribution in [2.45, 2.75) is 59.4 Å². The van der Waals surface area contributed by atoms with Gasteiger partial charge in [-0.15, -0.1) is 12.4 Å². The third-order valence-electron chi connectivity index (χ3n) is 3.02. The van der Waals surface area contributed by atoms with Crippen LogP contribution in [0, 0.1) is 5.41 Å². The zero-order chi connectivity index (χ0) is 13.1. The number of hydrogen-bond acceptors (Lipinski definition) is 2. The van der Waals surface area contributed by atoms with Crippen LogP contribution < -0.4 is 5.32 Å². The molecule has 1 fully saturated rings. The van der Waals surface area contributed by atoms with Crippen LogP contribution in [0.5, 0.6) is 0 Å². The third kappa shape index (κ3) is 7.22. The minimum absolute atomic E-state index is 0. The minimum atomic E-state index is -0.116. The predicted molar refractivity (Wildman–Crippen MR) is 79.2 cm³/mol. The van der Waals surface area contributed by atoms with E-state index in [4.69, 9.17) is 0 Å². The van der Waals surface area contributed by atoms with Gasteiger partial charge in [-0.2, -0.15) is 0 Å². The first-order valence-corrected chi connectivity index (χ1v) is 6.71. The van der Waals surface area contributed by atoms with E-state index in [2.05, 4.69) is 44.8 Å². The summed E-state index contributed by atoms with van der Waals surface area (Å²) < 4.78 is 0. The van der Waals surface area contributed by atoms with Crippen molar-refractivity contribution in [2.75, 3.05) is 19.6 Å². The lowest BCUT2D eigenvalue weighted by atomic mass is 9.82. The SMILES string of the molecule is CC(C)(C)CC(C)(C)NC(=O)CN1CCCC1.Cl. The zero-order valence-corrected chi connectivity index (χ0v) is 13.3. The second-order valence-corrected chi connectivity index (χ2v) is 7.15. The molecule has 0 spiro atoms. The molecular weight excluding hydrogens is 248 g/mol. The molecule has 0 aromatic rings. The van der Waals surface area contributed by atoms with Crippen LogP contribution in [0.3, 0.4) is 0 Å². The molecule has 0 saturated carbocycles. The van der Waals surface area contributed by atoms with Crippen LogP contribution in [0.1, 0.15) is 53.9 Å². The molecule has 108 valence electrons. The highest BCUT2D eigenvalue weighted by molar-refractivity contribution is 5.85. The Hall–Kier alpha value is -0.280. The van der Waals surface area contributed by atoms with Gasteiger partial charge < -0.3 is 5.32 Å². The van der Waals surface area contributed by atoms with Gasteiger partial charge in [-0.3, -0.25) is 9.69 Å². The highest BCUT2D eigenvalue weighted by atomic mass is 35.5. The molecule has 0 bridgehead atoms.